The van der Waals surface area contributed by atoms with Crippen LogP contribution in [-0.4, -0.2) is 37.8 Å². The monoisotopic (exact) mass is 416 g/mol. The molecule has 2 aromatic rings. The van der Waals surface area contributed by atoms with E-state index in [2.05, 4.69) is 5.32 Å². The summed E-state index contributed by atoms with van der Waals surface area (Å²) in [6.07, 6.45) is 3.42. The van der Waals surface area contributed by atoms with Gasteiger partial charge in [0.2, 0.25) is 10.0 Å². The minimum absolute atomic E-state index is 0.198. The molecule has 0 heterocycles. The average molecular weight is 417 g/mol. The SMILES string of the molecule is CCN(CC)S(=O)(=O)c1ccc(CNC(=O)c2ccccc2OC2CCC2)cc1. The summed E-state index contributed by atoms with van der Waals surface area (Å²) in [6, 6.07) is 13.9. The number of rotatable bonds is 9. The normalized spacial score (nSPS) is 14.4. The maximum Gasteiger partial charge on any atom is 0.255 e. The molecular weight excluding hydrogens is 388 g/mol. The highest BCUT2D eigenvalue weighted by molar-refractivity contribution is 7.89. The minimum atomic E-state index is -3.48. The molecule has 1 amide bonds. The second kappa shape index (κ2) is 9.41. The lowest BCUT2D eigenvalue weighted by molar-refractivity contribution is 0.0925. The quantitative estimate of drug-likeness (QED) is 0.678. The van der Waals surface area contributed by atoms with E-state index in [9.17, 15) is 13.2 Å². The number of ether oxygens (including phenoxy) is 1. The Labute approximate surface area is 172 Å². The Hall–Kier alpha value is -2.38. The van der Waals surface area contributed by atoms with E-state index in [0.29, 0.717) is 30.9 Å². The molecule has 1 fully saturated rings. The van der Waals surface area contributed by atoms with Gasteiger partial charge in [-0.15, -0.1) is 0 Å². The molecule has 0 aliphatic heterocycles. The Morgan fingerprint density at radius 1 is 1.07 bits per heavy atom. The van der Waals surface area contributed by atoms with Gasteiger partial charge in [-0.1, -0.05) is 38.1 Å². The second-order valence-electron chi connectivity index (χ2n) is 7.08. The summed E-state index contributed by atoms with van der Waals surface area (Å²) >= 11 is 0. The molecule has 2 aromatic carbocycles. The largest absolute Gasteiger partial charge is 0.490 e. The lowest BCUT2D eigenvalue weighted by Crippen LogP contribution is -2.30. The zero-order valence-electron chi connectivity index (χ0n) is 16.9. The lowest BCUT2D eigenvalue weighted by atomic mass is 9.96. The van der Waals surface area contributed by atoms with Crippen molar-refractivity contribution in [1.82, 2.24) is 9.62 Å². The molecule has 156 valence electrons. The first kappa shape index (κ1) is 21.3. The van der Waals surface area contributed by atoms with Gasteiger partial charge in [-0.2, -0.15) is 4.31 Å². The van der Waals surface area contributed by atoms with Crippen LogP contribution in [0.3, 0.4) is 0 Å². The summed E-state index contributed by atoms with van der Waals surface area (Å²) in [5.74, 6) is 0.398. The van der Waals surface area contributed by atoms with E-state index in [1.54, 1.807) is 30.3 Å². The molecule has 0 atom stereocenters. The van der Waals surface area contributed by atoms with E-state index < -0.39 is 10.0 Å². The zero-order chi connectivity index (χ0) is 20.9. The summed E-state index contributed by atoms with van der Waals surface area (Å²) in [5, 5.41) is 2.89. The number of hydrogen-bond donors (Lipinski definition) is 1. The van der Waals surface area contributed by atoms with E-state index >= 15 is 0 Å². The van der Waals surface area contributed by atoms with Crippen LogP contribution in [0, 0.1) is 0 Å². The van der Waals surface area contributed by atoms with Crippen molar-refractivity contribution in [3.8, 4) is 5.75 Å². The molecule has 1 saturated carbocycles. The van der Waals surface area contributed by atoms with Gasteiger partial charge in [-0.25, -0.2) is 8.42 Å². The fraction of sp³-hybridized carbons (Fsp3) is 0.409. The van der Waals surface area contributed by atoms with Gasteiger partial charge < -0.3 is 10.1 Å². The first-order valence-electron chi connectivity index (χ1n) is 10.1. The number of nitrogens with one attached hydrogen (secondary N) is 1. The molecule has 0 unspecified atom stereocenters. The Bertz CT molecular complexity index is 934. The molecule has 0 radical (unpaired) electrons. The van der Waals surface area contributed by atoms with Gasteiger partial charge in [0.25, 0.3) is 5.91 Å². The topological polar surface area (TPSA) is 75.7 Å². The third-order valence-corrected chi connectivity index (χ3v) is 7.26. The number of benzene rings is 2. The molecule has 0 bridgehead atoms. The van der Waals surface area contributed by atoms with Gasteiger partial charge in [-0.3, -0.25) is 4.79 Å². The molecule has 6 nitrogen and oxygen atoms in total. The van der Waals surface area contributed by atoms with Gasteiger partial charge in [0, 0.05) is 19.6 Å². The van der Waals surface area contributed by atoms with Gasteiger partial charge >= 0.3 is 0 Å². The van der Waals surface area contributed by atoms with E-state index in [-0.39, 0.29) is 16.9 Å². The van der Waals surface area contributed by atoms with Crippen LogP contribution >= 0.6 is 0 Å². The van der Waals surface area contributed by atoms with Crippen LogP contribution in [0.5, 0.6) is 5.75 Å². The number of carbonyl (C=O) groups excluding carboxylic acids is 1. The first-order chi connectivity index (χ1) is 14.0. The fourth-order valence-electron chi connectivity index (χ4n) is 3.19. The lowest BCUT2D eigenvalue weighted by Gasteiger charge is -2.27. The molecule has 1 N–H and O–H groups in total. The average Bonchev–Trinajstić information content (AvgIpc) is 2.70. The van der Waals surface area contributed by atoms with Crippen molar-refractivity contribution in [3.05, 3.63) is 59.7 Å². The van der Waals surface area contributed by atoms with E-state index in [4.69, 9.17) is 4.74 Å². The number of sulfonamides is 1. The molecule has 1 aliphatic carbocycles. The van der Waals surface area contributed by atoms with Crippen molar-refractivity contribution in [3.63, 3.8) is 0 Å². The third-order valence-electron chi connectivity index (χ3n) is 5.20. The Morgan fingerprint density at radius 2 is 1.72 bits per heavy atom. The van der Waals surface area contributed by atoms with Crippen LogP contribution in [0.2, 0.25) is 0 Å². The van der Waals surface area contributed by atoms with Crippen LogP contribution in [0.1, 0.15) is 49.0 Å². The summed E-state index contributed by atoms with van der Waals surface area (Å²) in [4.78, 5) is 12.9. The van der Waals surface area contributed by atoms with Crippen LogP contribution < -0.4 is 10.1 Å². The van der Waals surface area contributed by atoms with Crippen molar-refractivity contribution in [2.45, 2.75) is 50.7 Å². The number of amides is 1. The highest BCUT2D eigenvalue weighted by Gasteiger charge is 2.22. The first-order valence-corrected chi connectivity index (χ1v) is 11.5. The third kappa shape index (κ3) is 4.97. The van der Waals surface area contributed by atoms with Crippen LogP contribution in [0.25, 0.3) is 0 Å². The summed E-state index contributed by atoms with van der Waals surface area (Å²) in [7, 11) is -3.48. The highest BCUT2D eigenvalue weighted by Crippen LogP contribution is 2.27. The van der Waals surface area contributed by atoms with Crippen LogP contribution in [-0.2, 0) is 16.6 Å². The van der Waals surface area contributed by atoms with Crippen molar-refractivity contribution < 1.29 is 17.9 Å². The molecule has 29 heavy (non-hydrogen) atoms. The standard InChI is InChI=1S/C22H28N2O4S/c1-3-24(4-2)29(26,27)19-14-12-17(13-15-19)16-23-22(25)20-10-5-6-11-21(20)28-18-8-7-9-18/h5-6,10-15,18H,3-4,7-9,16H2,1-2H3,(H,23,25). The van der Waals surface area contributed by atoms with Crippen LogP contribution in [0.4, 0.5) is 0 Å². The Balaban J connectivity index is 1.64. The van der Waals surface area contributed by atoms with Gasteiger partial charge in [0.1, 0.15) is 5.75 Å². The fourth-order valence-corrected chi connectivity index (χ4v) is 4.65. The van der Waals surface area contributed by atoms with Gasteiger partial charge in [0.15, 0.2) is 0 Å². The zero-order valence-corrected chi connectivity index (χ0v) is 17.7. The summed E-state index contributed by atoms with van der Waals surface area (Å²) in [6.45, 7) is 4.80. The van der Waals surface area contributed by atoms with E-state index in [1.165, 1.54) is 10.7 Å². The highest BCUT2D eigenvalue weighted by atomic mass is 32.2. The smallest absolute Gasteiger partial charge is 0.255 e. The summed E-state index contributed by atoms with van der Waals surface area (Å²) in [5.41, 5.74) is 1.34. The molecule has 1 aliphatic rings. The van der Waals surface area contributed by atoms with Crippen LogP contribution in [0.15, 0.2) is 53.4 Å². The molecule has 0 spiro atoms. The Morgan fingerprint density at radius 3 is 2.31 bits per heavy atom. The van der Waals surface area contributed by atoms with Crippen molar-refractivity contribution in [2.75, 3.05) is 13.1 Å². The van der Waals surface area contributed by atoms with Gasteiger partial charge in [-0.05, 0) is 49.1 Å². The van der Waals surface area contributed by atoms with E-state index in [1.807, 2.05) is 32.0 Å². The van der Waals surface area contributed by atoms with Crippen molar-refractivity contribution >= 4 is 15.9 Å². The molecule has 0 saturated heterocycles. The predicted octanol–water partition coefficient (Wildman–Crippen LogP) is 3.58. The minimum Gasteiger partial charge on any atom is -0.490 e. The van der Waals surface area contributed by atoms with Gasteiger partial charge in [0.05, 0.1) is 16.6 Å². The maximum atomic E-state index is 12.6. The number of para-hydroxylation sites is 1. The number of nitrogens with zero attached hydrogens (tertiary/aromatic N) is 1. The van der Waals surface area contributed by atoms with Crippen molar-refractivity contribution in [1.29, 1.82) is 0 Å². The molecule has 7 heteroatoms. The van der Waals surface area contributed by atoms with Crippen molar-refractivity contribution in [2.24, 2.45) is 0 Å². The predicted molar refractivity (Wildman–Crippen MR) is 112 cm³/mol. The molecule has 0 aromatic heterocycles. The number of hydrogen-bond acceptors (Lipinski definition) is 4. The van der Waals surface area contributed by atoms with E-state index in [0.717, 1.165) is 18.4 Å². The summed E-state index contributed by atoms with van der Waals surface area (Å²) < 4.78 is 32.4. The molecule has 3 rings (SSSR count). The number of carbonyl (C=O) groups is 1. The molecular formula is C22H28N2O4S. The second-order valence-corrected chi connectivity index (χ2v) is 9.02. The Kier molecular flexibility index (Phi) is 6.92. The maximum absolute atomic E-state index is 12.6.